The van der Waals surface area contributed by atoms with Gasteiger partial charge in [-0.2, -0.15) is 0 Å². The largest absolute Gasteiger partial charge is 0.354 e. The van der Waals surface area contributed by atoms with E-state index >= 15 is 0 Å². The van der Waals surface area contributed by atoms with Crippen LogP contribution in [0.4, 0.5) is 0 Å². The van der Waals surface area contributed by atoms with Crippen molar-refractivity contribution in [1.29, 1.82) is 0 Å². The van der Waals surface area contributed by atoms with Gasteiger partial charge in [0.2, 0.25) is 17.7 Å². The smallest absolute Gasteiger partial charge is 0.242 e. The molecule has 152 valence electrons. The third-order valence-electron chi connectivity index (χ3n) is 5.98. The highest BCUT2D eigenvalue weighted by atomic mass is 16.2. The Morgan fingerprint density at radius 2 is 2.07 bits per heavy atom. The van der Waals surface area contributed by atoms with Gasteiger partial charge in [-0.15, -0.1) is 0 Å². The maximum absolute atomic E-state index is 13.3. The Bertz CT molecular complexity index is 773. The summed E-state index contributed by atoms with van der Waals surface area (Å²) < 4.78 is 1.95. The zero-order valence-electron chi connectivity index (χ0n) is 16.4. The number of piperazine rings is 1. The molecule has 9 nitrogen and oxygen atoms in total. The lowest BCUT2D eigenvalue weighted by Gasteiger charge is -2.42. The van der Waals surface area contributed by atoms with Crippen LogP contribution in [-0.4, -0.2) is 74.8 Å². The number of nitrogens with one attached hydrogen (secondary N) is 2. The molecule has 4 rings (SSSR count). The monoisotopic (exact) mass is 388 g/mol. The first-order valence-corrected chi connectivity index (χ1v) is 9.97. The van der Waals surface area contributed by atoms with Gasteiger partial charge in [-0.3, -0.25) is 19.3 Å². The van der Waals surface area contributed by atoms with Crippen LogP contribution in [0.3, 0.4) is 0 Å². The van der Waals surface area contributed by atoms with Crippen molar-refractivity contribution in [2.75, 3.05) is 19.6 Å². The summed E-state index contributed by atoms with van der Waals surface area (Å²) in [6.45, 7) is 3.68. The van der Waals surface area contributed by atoms with E-state index in [2.05, 4.69) is 20.5 Å². The molecule has 3 fully saturated rings. The molecule has 0 unspecified atom stereocenters. The SMILES string of the molecule is CC(=O)N[C@H]1C[C@H]2CN(Cc3cncn3C)[C@@H](CNC(=O)C3CC3)C(=O)N2C1. The summed E-state index contributed by atoms with van der Waals surface area (Å²) in [6, 6.07) is -0.331. The number of carbonyl (C=O) groups is 3. The number of nitrogens with zero attached hydrogens (tertiary/aromatic N) is 4. The molecule has 2 aliphatic heterocycles. The van der Waals surface area contributed by atoms with Gasteiger partial charge < -0.3 is 20.1 Å². The fraction of sp³-hybridized carbons (Fsp3) is 0.684. The first kappa shape index (κ1) is 18.9. The van der Waals surface area contributed by atoms with Gasteiger partial charge in [0.15, 0.2) is 0 Å². The summed E-state index contributed by atoms with van der Waals surface area (Å²) in [4.78, 5) is 45.0. The van der Waals surface area contributed by atoms with Crippen molar-refractivity contribution in [3.05, 3.63) is 18.2 Å². The third kappa shape index (κ3) is 3.89. The normalized spacial score (nSPS) is 27.6. The van der Waals surface area contributed by atoms with Crippen molar-refractivity contribution in [3.63, 3.8) is 0 Å². The standard InChI is InChI=1S/C19H28N6O3/c1-12(26)22-14-5-15-9-24(10-16-6-20-11-23(16)2)17(19(28)25(15)8-14)7-21-18(27)13-3-4-13/h6,11,13-15,17H,3-5,7-10H2,1-2H3,(H,21,27)(H,22,26)/t14-,15-,17-/m0/s1. The van der Waals surface area contributed by atoms with Crippen LogP contribution in [-0.2, 0) is 28.0 Å². The maximum Gasteiger partial charge on any atom is 0.242 e. The lowest BCUT2D eigenvalue weighted by atomic mass is 10.0. The van der Waals surface area contributed by atoms with Gasteiger partial charge in [-0.25, -0.2) is 4.98 Å². The number of rotatable bonds is 6. The summed E-state index contributed by atoms with van der Waals surface area (Å²) in [5.41, 5.74) is 1.02. The van der Waals surface area contributed by atoms with Crippen LogP contribution in [0.2, 0.25) is 0 Å². The molecule has 2 saturated heterocycles. The van der Waals surface area contributed by atoms with Crippen LogP contribution in [0.25, 0.3) is 0 Å². The van der Waals surface area contributed by atoms with Crippen molar-refractivity contribution in [2.45, 2.75) is 50.9 Å². The Balaban J connectivity index is 1.49. The maximum atomic E-state index is 13.3. The molecule has 28 heavy (non-hydrogen) atoms. The highest BCUT2D eigenvalue weighted by Gasteiger charge is 2.46. The van der Waals surface area contributed by atoms with Gasteiger partial charge in [0.1, 0.15) is 6.04 Å². The van der Waals surface area contributed by atoms with E-state index in [1.165, 1.54) is 6.92 Å². The van der Waals surface area contributed by atoms with Crippen LogP contribution in [0.5, 0.6) is 0 Å². The number of fused-ring (bicyclic) bond motifs is 1. The molecule has 2 N–H and O–H groups in total. The third-order valence-corrected chi connectivity index (χ3v) is 5.98. The van der Waals surface area contributed by atoms with E-state index in [0.29, 0.717) is 19.6 Å². The second kappa shape index (κ2) is 7.54. The number of imidazole rings is 1. The van der Waals surface area contributed by atoms with Crippen molar-refractivity contribution in [1.82, 2.24) is 30.0 Å². The first-order valence-electron chi connectivity index (χ1n) is 9.97. The minimum atomic E-state index is -0.398. The zero-order chi connectivity index (χ0) is 19.8. The Hall–Kier alpha value is -2.42. The fourth-order valence-electron chi connectivity index (χ4n) is 4.32. The Morgan fingerprint density at radius 1 is 1.29 bits per heavy atom. The summed E-state index contributed by atoms with van der Waals surface area (Å²) >= 11 is 0. The van der Waals surface area contributed by atoms with Crippen LogP contribution in [0, 0.1) is 5.92 Å². The Labute approximate surface area is 164 Å². The number of hydrogen-bond acceptors (Lipinski definition) is 5. The van der Waals surface area contributed by atoms with E-state index in [1.807, 2.05) is 22.7 Å². The number of carbonyl (C=O) groups excluding carboxylic acids is 3. The minimum absolute atomic E-state index is 0.00944. The predicted octanol–water partition coefficient (Wildman–Crippen LogP) is -0.764. The molecule has 3 aliphatic rings. The van der Waals surface area contributed by atoms with Crippen LogP contribution in [0.1, 0.15) is 31.9 Å². The molecule has 1 aromatic rings. The molecule has 1 aromatic heterocycles. The van der Waals surface area contributed by atoms with Gasteiger partial charge in [0, 0.05) is 64.3 Å². The summed E-state index contributed by atoms with van der Waals surface area (Å²) in [7, 11) is 1.94. The highest BCUT2D eigenvalue weighted by Crippen LogP contribution is 2.30. The van der Waals surface area contributed by atoms with Crippen LogP contribution >= 0.6 is 0 Å². The van der Waals surface area contributed by atoms with E-state index < -0.39 is 6.04 Å². The van der Waals surface area contributed by atoms with Crippen molar-refractivity contribution >= 4 is 17.7 Å². The molecule has 3 heterocycles. The Morgan fingerprint density at radius 3 is 2.71 bits per heavy atom. The second-order valence-corrected chi connectivity index (χ2v) is 8.24. The van der Waals surface area contributed by atoms with E-state index in [9.17, 15) is 14.4 Å². The second-order valence-electron chi connectivity index (χ2n) is 8.24. The number of aryl methyl sites for hydroxylation is 1. The molecule has 9 heteroatoms. The van der Waals surface area contributed by atoms with E-state index in [4.69, 9.17) is 0 Å². The number of aromatic nitrogens is 2. The van der Waals surface area contributed by atoms with Crippen molar-refractivity contribution in [3.8, 4) is 0 Å². The molecule has 3 atom stereocenters. The van der Waals surface area contributed by atoms with E-state index in [0.717, 1.165) is 31.5 Å². The average Bonchev–Trinajstić information content (AvgIpc) is 3.30. The fourth-order valence-corrected chi connectivity index (χ4v) is 4.32. The number of amides is 3. The Kier molecular flexibility index (Phi) is 5.09. The molecular formula is C19H28N6O3. The molecule has 3 amide bonds. The van der Waals surface area contributed by atoms with Gasteiger partial charge >= 0.3 is 0 Å². The van der Waals surface area contributed by atoms with Crippen molar-refractivity contribution < 1.29 is 14.4 Å². The molecule has 0 spiro atoms. The van der Waals surface area contributed by atoms with Gasteiger partial charge in [-0.1, -0.05) is 0 Å². The van der Waals surface area contributed by atoms with Gasteiger partial charge in [-0.05, 0) is 19.3 Å². The quantitative estimate of drug-likeness (QED) is 0.667. The zero-order valence-corrected chi connectivity index (χ0v) is 16.4. The topological polar surface area (TPSA) is 99.6 Å². The van der Waals surface area contributed by atoms with Crippen molar-refractivity contribution in [2.24, 2.45) is 13.0 Å². The molecule has 1 saturated carbocycles. The molecule has 0 radical (unpaired) electrons. The first-order chi connectivity index (χ1) is 13.4. The summed E-state index contributed by atoms with van der Waals surface area (Å²) in [5, 5.41) is 5.91. The summed E-state index contributed by atoms with van der Waals surface area (Å²) in [6.07, 6.45) is 6.20. The minimum Gasteiger partial charge on any atom is -0.354 e. The van der Waals surface area contributed by atoms with E-state index in [-0.39, 0.29) is 35.7 Å². The molecular weight excluding hydrogens is 360 g/mol. The van der Waals surface area contributed by atoms with Gasteiger partial charge in [0.05, 0.1) is 12.0 Å². The summed E-state index contributed by atoms with van der Waals surface area (Å²) in [5.74, 6) is 0.125. The molecule has 1 aliphatic carbocycles. The van der Waals surface area contributed by atoms with Crippen LogP contribution < -0.4 is 10.6 Å². The molecule has 0 aromatic carbocycles. The molecule has 0 bridgehead atoms. The lowest BCUT2D eigenvalue weighted by molar-refractivity contribution is -0.144. The predicted molar refractivity (Wildman–Crippen MR) is 101 cm³/mol. The van der Waals surface area contributed by atoms with Crippen LogP contribution in [0.15, 0.2) is 12.5 Å². The van der Waals surface area contributed by atoms with E-state index in [1.54, 1.807) is 6.33 Å². The highest BCUT2D eigenvalue weighted by molar-refractivity contribution is 5.86. The lowest BCUT2D eigenvalue weighted by Crippen LogP contribution is -2.62. The number of hydrogen-bond donors (Lipinski definition) is 2. The van der Waals surface area contributed by atoms with Gasteiger partial charge in [0.25, 0.3) is 0 Å². The average molecular weight is 388 g/mol.